The number of rotatable bonds is 4. The molecule has 10 rings (SSSR count). The Hall–Kier alpha value is -6.50. The fourth-order valence-corrected chi connectivity index (χ4v) is 8.24. The third kappa shape index (κ3) is 4.46. The van der Waals surface area contributed by atoms with Gasteiger partial charge in [-0.25, -0.2) is 0 Å². The van der Waals surface area contributed by atoms with Crippen LogP contribution in [0.5, 0.6) is 0 Å². The van der Waals surface area contributed by atoms with Crippen LogP contribution >= 0.6 is 0 Å². The molecule has 0 amide bonds. The highest BCUT2D eigenvalue weighted by molar-refractivity contribution is 6.25. The largest absolute Gasteiger partial charge is 0.0616 e. The average Bonchev–Trinajstić information content (AvgIpc) is 3.19. The van der Waals surface area contributed by atoms with Gasteiger partial charge in [-0.15, -0.1) is 0 Å². The molecular weight excluding hydrogens is 601 g/mol. The predicted molar refractivity (Wildman–Crippen MR) is 216 cm³/mol. The molecule has 0 atom stereocenters. The van der Waals surface area contributed by atoms with Crippen LogP contribution in [0.3, 0.4) is 0 Å². The molecule has 10 aromatic rings. The molecule has 0 saturated heterocycles. The van der Waals surface area contributed by atoms with Crippen LogP contribution in [0.4, 0.5) is 0 Å². The zero-order valence-corrected chi connectivity index (χ0v) is 27.5. The molecule has 0 bridgehead atoms. The first-order valence-corrected chi connectivity index (χ1v) is 17.4. The Morgan fingerprint density at radius 1 is 0.200 bits per heavy atom. The fourth-order valence-electron chi connectivity index (χ4n) is 8.24. The molecule has 0 saturated carbocycles. The molecule has 0 fully saturated rings. The van der Waals surface area contributed by atoms with Gasteiger partial charge in [-0.1, -0.05) is 188 Å². The summed E-state index contributed by atoms with van der Waals surface area (Å²) in [5, 5.41) is 12.6. The predicted octanol–water partition coefficient (Wildman–Crippen LogP) is 14.1. The van der Waals surface area contributed by atoms with Crippen LogP contribution in [0.15, 0.2) is 194 Å². The summed E-state index contributed by atoms with van der Waals surface area (Å²) in [6.45, 7) is 0. The van der Waals surface area contributed by atoms with Gasteiger partial charge in [0.15, 0.2) is 0 Å². The highest BCUT2D eigenvalue weighted by Gasteiger charge is 2.21. The van der Waals surface area contributed by atoms with Gasteiger partial charge in [0.2, 0.25) is 0 Å². The van der Waals surface area contributed by atoms with Crippen molar-refractivity contribution >= 4 is 53.9 Å². The van der Waals surface area contributed by atoms with Crippen LogP contribution < -0.4 is 0 Å². The average molecular weight is 633 g/mol. The normalized spacial score (nSPS) is 11.6. The van der Waals surface area contributed by atoms with Crippen molar-refractivity contribution in [3.8, 4) is 44.5 Å². The summed E-state index contributed by atoms with van der Waals surface area (Å²) in [6, 6.07) is 71.4. The van der Waals surface area contributed by atoms with Crippen molar-refractivity contribution in [3.05, 3.63) is 194 Å². The first-order chi connectivity index (χ1) is 24.8. The van der Waals surface area contributed by atoms with Gasteiger partial charge in [-0.05, 0) is 104 Å². The van der Waals surface area contributed by atoms with Crippen molar-refractivity contribution in [3.63, 3.8) is 0 Å². The van der Waals surface area contributed by atoms with Gasteiger partial charge in [0.05, 0.1) is 0 Å². The van der Waals surface area contributed by atoms with Crippen molar-refractivity contribution in [1.82, 2.24) is 0 Å². The summed E-state index contributed by atoms with van der Waals surface area (Å²) in [5.41, 5.74) is 10.0. The molecule has 0 aromatic heterocycles. The minimum atomic E-state index is 1.22. The van der Waals surface area contributed by atoms with E-state index in [0.717, 1.165) is 0 Å². The maximum absolute atomic E-state index is 2.45. The van der Waals surface area contributed by atoms with Crippen LogP contribution in [0.1, 0.15) is 0 Å². The Labute approximate surface area is 291 Å². The number of fused-ring (bicyclic) bond motifs is 5. The number of hydrogen-bond acceptors (Lipinski definition) is 0. The second-order valence-corrected chi connectivity index (χ2v) is 13.2. The molecule has 0 radical (unpaired) electrons. The number of benzene rings is 10. The van der Waals surface area contributed by atoms with Crippen molar-refractivity contribution in [2.45, 2.75) is 0 Å². The molecule has 0 heteroatoms. The Morgan fingerprint density at radius 2 is 0.580 bits per heavy atom. The van der Waals surface area contributed by atoms with E-state index in [0.29, 0.717) is 0 Å². The SMILES string of the molecule is c1ccc(-c2c3ccccc3c(-c3cccc4ccccc34)c3ccc(-c4cccc5ccccc45)cc23)c(-c2cccc3ccccc23)c1. The molecule has 50 heavy (non-hydrogen) atoms. The zero-order valence-electron chi connectivity index (χ0n) is 27.5. The van der Waals surface area contributed by atoms with Gasteiger partial charge in [-0.3, -0.25) is 0 Å². The lowest BCUT2D eigenvalue weighted by Crippen LogP contribution is -1.94. The molecule has 0 heterocycles. The highest BCUT2D eigenvalue weighted by atomic mass is 14.2. The third-order valence-corrected chi connectivity index (χ3v) is 10.5. The van der Waals surface area contributed by atoms with E-state index in [1.807, 2.05) is 0 Å². The minimum absolute atomic E-state index is 1.22. The first kappa shape index (κ1) is 28.5. The molecule has 232 valence electrons. The quantitative estimate of drug-likeness (QED) is 0.169. The van der Waals surface area contributed by atoms with Gasteiger partial charge in [0, 0.05) is 0 Å². The van der Waals surface area contributed by atoms with E-state index in [1.165, 1.54) is 98.4 Å². The standard InChI is InChI=1S/C50H32/c1-4-20-37-33(14-1)17-11-27-40(37)36-30-31-47-48(32-36)50(44-24-8-7-23-42(44)41-28-12-18-34-15-2-5-21-38(34)41)46-26-10-9-25-45(46)49(47)43-29-13-19-35-16-3-6-22-39(35)43/h1-32H. The molecule has 0 unspecified atom stereocenters. The Bertz CT molecular complexity index is 2910. The summed E-state index contributed by atoms with van der Waals surface area (Å²) in [5.74, 6) is 0. The monoisotopic (exact) mass is 632 g/mol. The first-order valence-electron chi connectivity index (χ1n) is 17.4. The third-order valence-electron chi connectivity index (χ3n) is 10.5. The summed E-state index contributed by atoms with van der Waals surface area (Å²) >= 11 is 0. The molecule has 0 aliphatic heterocycles. The molecule has 0 aliphatic carbocycles. The Kier molecular flexibility index (Phi) is 6.60. The maximum atomic E-state index is 2.45. The van der Waals surface area contributed by atoms with Gasteiger partial charge in [0.25, 0.3) is 0 Å². The molecule has 0 N–H and O–H groups in total. The van der Waals surface area contributed by atoms with E-state index < -0.39 is 0 Å². The van der Waals surface area contributed by atoms with Crippen LogP contribution in [0, 0.1) is 0 Å². The van der Waals surface area contributed by atoms with E-state index in [9.17, 15) is 0 Å². The van der Waals surface area contributed by atoms with E-state index in [2.05, 4.69) is 194 Å². The minimum Gasteiger partial charge on any atom is -0.0616 e. The van der Waals surface area contributed by atoms with Gasteiger partial charge >= 0.3 is 0 Å². The van der Waals surface area contributed by atoms with E-state index in [1.54, 1.807) is 0 Å². The second-order valence-electron chi connectivity index (χ2n) is 13.2. The van der Waals surface area contributed by atoms with Crippen LogP contribution in [-0.2, 0) is 0 Å². The molecule has 10 aromatic carbocycles. The van der Waals surface area contributed by atoms with Crippen LogP contribution in [0.2, 0.25) is 0 Å². The lowest BCUT2D eigenvalue weighted by molar-refractivity contribution is 1.63. The van der Waals surface area contributed by atoms with Crippen LogP contribution in [0.25, 0.3) is 98.4 Å². The summed E-state index contributed by atoms with van der Waals surface area (Å²) in [7, 11) is 0. The van der Waals surface area contributed by atoms with Gasteiger partial charge in [0.1, 0.15) is 0 Å². The van der Waals surface area contributed by atoms with E-state index in [-0.39, 0.29) is 0 Å². The second kappa shape index (κ2) is 11.6. The molecule has 0 spiro atoms. The maximum Gasteiger partial charge on any atom is -0.00199 e. The van der Waals surface area contributed by atoms with Crippen molar-refractivity contribution in [1.29, 1.82) is 0 Å². The Morgan fingerprint density at radius 3 is 1.20 bits per heavy atom. The lowest BCUT2D eigenvalue weighted by Gasteiger charge is -2.21. The van der Waals surface area contributed by atoms with Crippen molar-refractivity contribution < 1.29 is 0 Å². The zero-order chi connectivity index (χ0) is 33.0. The van der Waals surface area contributed by atoms with Gasteiger partial charge < -0.3 is 0 Å². The highest BCUT2D eigenvalue weighted by Crippen LogP contribution is 2.49. The Balaban J connectivity index is 1.37. The van der Waals surface area contributed by atoms with Crippen molar-refractivity contribution in [2.24, 2.45) is 0 Å². The molecular formula is C50H32. The van der Waals surface area contributed by atoms with E-state index >= 15 is 0 Å². The van der Waals surface area contributed by atoms with Crippen molar-refractivity contribution in [2.75, 3.05) is 0 Å². The summed E-state index contributed by atoms with van der Waals surface area (Å²) < 4.78 is 0. The molecule has 0 nitrogen and oxygen atoms in total. The summed E-state index contributed by atoms with van der Waals surface area (Å²) in [4.78, 5) is 0. The molecule has 0 aliphatic rings. The van der Waals surface area contributed by atoms with Gasteiger partial charge in [-0.2, -0.15) is 0 Å². The number of hydrogen-bond donors (Lipinski definition) is 0. The fraction of sp³-hybridized carbons (Fsp3) is 0. The van der Waals surface area contributed by atoms with E-state index in [4.69, 9.17) is 0 Å². The lowest BCUT2D eigenvalue weighted by atomic mass is 9.81. The smallest absolute Gasteiger partial charge is 0.00199 e. The topological polar surface area (TPSA) is 0 Å². The van der Waals surface area contributed by atoms with Crippen LogP contribution in [-0.4, -0.2) is 0 Å². The summed E-state index contributed by atoms with van der Waals surface area (Å²) in [6.07, 6.45) is 0.